The van der Waals surface area contributed by atoms with Crippen molar-refractivity contribution in [3.8, 4) is 0 Å². The summed E-state index contributed by atoms with van der Waals surface area (Å²) < 4.78 is 0. The van der Waals surface area contributed by atoms with Crippen LogP contribution in [0.2, 0.25) is 0 Å². The summed E-state index contributed by atoms with van der Waals surface area (Å²) in [5.74, 6) is -10.1. The van der Waals surface area contributed by atoms with Crippen molar-refractivity contribution in [1.82, 2.24) is 0 Å². The van der Waals surface area contributed by atoms with Gasteiger partial charge in [0.05, 0.1) is 19.3 Å². The highest BCUT2D eigenvalue weighted by Crippen LogP contribution is 2.47. The molecule has 0 aromatic carbocycles. The van der Waals surface area contributed by atoms with Crippen LogP contribution in [-0.4, -0.2) is 67.5 Å². The van der Waals surface area contributed by atoms with Gasteiger partial charge in [-0.2, -0.15) is 0 Å². The van der Waals surface area contributed by atoms with Gasteiger partial charge in [-0.3, -0.25) is 24.0 Å². The molecule has 0 heterocycles. The Kier molecular flexibility index (Phi) is 7.48. The lowest BCUT2D eigenvalue weighted by molar-refractivity contribution is -0.168. The maximum absolute atomic E-state index is 11.7. The molecule has 0 radical (unpaired) electrons. The second kappa shape index (κ2) is 8.39. The van der Waals surface area contributed by atoms with E-state index in [0.29, 0.717) is 0 Å². The number of carboxylic acid groups (broad SMARTS) is 5. The number of hydrogen-bond acceptors (Lipinski definition) is 7. The molecular formula is C13H20N2O10. The van der Waals surface area contributed by atoms with E-state index in [9.17, 15) is 29.1 Å². The zero-order valence-corrected chi connectivity index (χ0v) is 13.0. The summed E-state index contributed by atoms with van der Waals surface area (Å²) in [5, 5.41) is 45.7. The first-order chi connectivity index (χ1) is 11.3. The quantitative estimate of drug-likeness (QED) is 0.203. The Balaban J connectivity index is 6.69. The predicted molar refractivity (Wildman–Crippen MR) is 78.5 cm³/mol. The van der Waals surface area contributed by atoms with E-state index in [1.165, 1.54) is 0 Å². The van der Waals surface area contributed by atoms with Crippen LogP contribution in [0.5, 0.6) is 0 Å². The third-order valence-corrected chi connectivity index (χ3v) is 4.12. The molecule has 0 rings (SSSR count). The van der Waals surface area contributed by atoms with Gasteiger partial charge in [0.2, 0.25) is 0 Å². The largest absolute Gasteiger partial charge is 0.481 e. The molecule has 12 nitrogen and oxygen atoms in total. The van der Waals surface area contributed by atoms with Gasteiger partial charge in [0.25, 0.3) is 0 Å². The van der Waals surface area contributed by atoms with Gasteiger partial charge in [-0.05, 0) is 12.5 Å². The van der Waals surface area contributed by atoms with E-state index >= 15 is 0 Å². The van der Waals surface area contributed by atoms with Crippen LogP contribution in [0.4, 0.5) is 0 Å². The van der Waals surface area contributed by atoms with Crippen molar-refractivity contribution in [3.63, 3.8) is 0 Å². The third-order valence-electron chi connectivity index (χ3n) is 4.12. The Morgan fingerprint density at radius 1 is 0.760 bits per heavy atom. The number of nitrogens with two attached hydrogens (primary N) is 2. The maximum Gasteiger partial charge on any atom is 0.324 e. The molecule has 2 unspecified atom stereocenters. The topological polar surface area (TPSA) is 239 Å². The Bertz CT molecular complexity index is 559. The standard InChI is InChI=1S/C13H20N2O10/c14-5-6(1-7(16)17)12(2-8(18)19,3-9(20)21)13(15,11(24)25)4-10(22)23/h6H,1-5,14-15H2,(H,16,17)(H,18,19)(H,20,21)(H,22,23)(H,24,25). The van der Waals surface area contributed by atoms with Gasteiger partial charge in [-0.1, -0.05) is 0 Å². The van der Waals surface area contributed by atoms with Crippen LogP contribution in [0.25, 0.3) is 0 Å². The Morgan fingerprint density at radius 3 is 1.40 bits per heavy atom. The van der Waals surface area contributed by atoms with E-state index < -0.39 is 78.9 Å². The van der Waals surface area contributed by atoms with Crippen LogP contribution < -0.4 is 11.5 Å². The average molecular weight is 364 g/mol. The SMILES string of the molecule is NCC(CC(=O)O)C(CC(=O)O)(CC(=O)O)C(N)(CC(=O)O)C(=O)O. The first-order valence-electron chi connectivity index (χ1n) is 6.92. The maximum atomic E-state index is 11.7. The van der Waals surface area contributed by atoms with Crippen LogP contribution in [0.3, 0.4) is 0 Å². The lowest BCUT2D eigenvalue weighted by Crippen LogP contribution is -2.67. The highest BCUT2D eigenvalue weighted by molar-refractivity contribution is 5.88. The number of carboxylic acids is 5. The van der Waals surface area contributed by atoms with Gasteiger partial charge >= 0.3 is 29.8 Å². The molecule has 0 amide bonds. The fraction of sp³-hybridized carbons (Fsp3) is 0.615. The summed E-state index contributed by atoms with van der Waals surface area (Å²) in [6, 6.07) is 0. The molecule has 9 N–H and O–H groups in total. The molecule has 0 bridgehead atoms. The van der Waals surface area contributed by atoms with Crippen molar-refractivity contribution < 1.29 is 49.5 Å². The number of hydrogen-bond donors (Lipinski definition) is 7. The van der Waals surface area contributed by atoms with Crippen LogP contribution in [0.15, 0.2) is 0 Å². The van der Waals surface area contributed by atoms with Gasteiger partial charge in [0, 0.05) is 11.8 Å². The van der Waals surface area contributed by atoms with Crippen molar-refractivity contribution in [1.29, 1.82) is 0 Å². The molecule has 0 aromatic heterocycles. The molecule has 0 aliphatic heterocycles. The number of rotatable bonds is 12. The summed E-state index contributed by atoms with van der Waals surface area (Å²) in [7, 11) is 0. The van der Waals surface area contributed by atoms with Gasteiger partial charge < -0.3 is 37.0 Å². The molecule has 0 spiro atoms. The minimum absolute atomic E-state index is 0.612. The summed E-state index contributed by atoms with van der Waals surface area (Å²) in [6.45, 7) is -0.612. The van der Waals surface area contributed by atoms with Crippen LogP contribution in [0.1, 0.15) is 25.7 Å². The fourth-order valence-corrected chi connectivity index (χ4v) is 2.99. The zero-order valence-electron chi connectivity index (χ0n) is 13.0. The number of aliphatic carboxylic acids is 5. The molecule has 0 aromatic rings. The van der Waals surface area contributed by atoms with Crippen molar-refractivity contribution in [2.24, 2.45) is 22.8 Å². The Hall–Kier alpha value is -2.73. The van der Waals surface area contributed by atoms with E-state index in [-0.39, 0.29) is 0 Å². The van der Waals surface area contributed by atoms with Gasteiger partial charge in [0.15, 0.2) is 0 Å². The van der Waals surface area contributed by atoms with E-state index in [2.05, 4.69) is 0 Å². The molecule has 0 saturated heterocycles. The molecule has 2 atom stereocenters. The normalized spacial score (nSPS) is 15.0. The summed E-state index contributed by atoms with van der Waals surface area (Å²) in [4.78, 5) is 56.4. The second-order valence-corrected chi connectivity index (χ2v) is 5.67. The highest BCUT2D eigenvalue weighted by Gasteiger charge is 2.61. The minimum Gasteiger partial charge on any atom is -0.481 e. The second-order valence-electron chi connectivity index (χ2n) is 5.67. The molecule has 0 saturated carbocycles. The average Bonchev–Trinajstić information content (AvgIpc) is 2.41. The van der Waals surface area contributed by atoms with E-state index in [4.69, 9.17) is 31.9 Å². The third kappa shape index (κ3) is 5.12. The van der Waals surface area contributed by atoms with Gasteiger partial charge in [0.1, 0.15) is 5.54 Å². The lowest BCUT2D eigenvalue weighted by atomic mass is 9.56. The van der Waals surface area contributed by atoms with Gasteiger partial charge in [-0.15, -0.1) is 0 Å². The highest BCUT2D eigenvalue weighted by atomic mass is 16.4. The fourth-order valence-electron chi connectivity index (χ4n) is 2.99. The minimum atomic E-state index is -2.88. The van der Waals surface area contributed by atoms with Crippen molar-refractivity contribution in [2.45, 2.75) is 31.2 Å². The van der Waals surface area contributed by atoms with E-state index in [1.807, 2.05) is 0 Å². The molecule has 142 valence electrons. The molecule has 25 heavy (non-hydrogen) atoms. The van der Waals surface area contributed by atoms with Crippen molar-refractivity contribution >= 4 is 29.8 Å². The van der Waals surface area contributed by atoms with E-state index in [1.54, 1.807) is 0 Å². The summed E-state index contributed by atoms with van der Waals surface area (Å²) >= 11 is 0. The zero-order chi connectivity index (χ0) is 20.0. The summed E-state index contributed by atoms with van der Waals surface area (Å²) in [6.07, 6.45) is -4.59. The predicted octanol–water partition coefficient (Wildman–Crippen LogP) is -1.77. The first-order valence-corrected chi connectivity index (χ1v) is 6.92. The first kappa shape index (κ1) is 22.3. The van der Waals surface area contributed by atoms with Crippen LogP contribution in [-0.2, 0) is 24.0 Å². The molecule has 0 aliphatic carbocycles. The smallest absolute Gasteiger partial charge is 0.324 e. The summed E-state index contributed by atoms with van der Waals surface area (Å²) in [5.41, 5.74) is 5.82. The molecule has 12 heteroatoms. The lowest BCUT2D eigenvalue weighted by Gasteiger charge is -2.48. The molecule has 0 aliphatic rings. The monoisotopic (exact) mass is 364 g/mol. The number of carbonyl (C=O) groups is 5. The van der Waals surface area contributed by atoms with Crippen molar-refractivity contribution in [3.05, 3.63) is 0 Å². The Labute approximate surface area is 141 Å². The Morgan fingerprint density at radius 2 is 1.16 bits per heavy atom. The molecule has 0 fully saturated rings. The van der Waals surface area contributed by atoms with E-state index in [0.717, 1.165) is 0 Å². The van der Waals surface area contributed by atoms with Crippen molar-refractivity contribution in [2.75, 3.05) is 6.54 Å². The van der Waals surface area contributed by atoms with Crippen LogP contribution in [0, 0.1) is 11.3 Å². The van der Waals surface area contributed by atoms with Gasteiger partial charge in [-0.25, -0.2) is 0 Å². The molecular weight excluding hydrogens is 344 g/mol. The van der Waals surface area contributed by atoms with Crippen LogP contribution >= 0.6 is 0 Å².